The van der Waals surface area contributed by atoms with Crippen LogP contribution in [0.5, 0.6) is 0 Å². The quantitative estimate of drug-likeness (QED) is 0.327. The average molecular weight is 409 g/mol. The highest BCUT2D eigenvalue weighted by Crippen LogP contribution is 2.44. The van der Waals surface area contributed by atoms with Crippen molar-refractivity contribution in [3.05, 3.63) is 12.2 Å². The molecule has 5 atom stereocenters. The summed E-state index contributed by atoms with van der Waals surface area (Å²) in [6.07, 6.45) is 7.15. The molecule has 1 aliphatic heterocycles. The van der Waals surface area contributed by atoms with Crippen LogP contribution in [0.2, 0.25) is 0 Å². The van der Waals surface area contributed by atoms with E-state index in [0.29, 0.717) is 6.54 Å². The molecule has 1 aliphatic carbocycles. The maximum Gasteiger partial charge on any atom is 0.310 e. The normalized spacial score (nSPS) is 28.6. The van der Waals surface area contributed by atoms with Crippen molar-refractivity contribution in [1.82, 2.24) is 10.2 Å². The van der Waals surface area contributed by atoms with Gasteiger partial charge in [0.15, 0.2) is 0 Å². The molecule has 0 spiro atoms. The van der Waals surface area contributed by atoms with Crippen LogP contribution in [-0.4, -0.2) is 59.6 Å². The van der Waals surface area contributed by atoms with Gasteiger partial charge in [0, 0.05) is 25.1 Å². The summed E-state index contributed by atoms with van der Waals surface area (Å²) < 4.78 is 5.26. The zero-order valence-corrected chi connectivity index (χ0v) is 18.1. The van der Waals surface area contributed by atoms with Crippen molar-refractivity contribution in [1.29, 1.82) is 0 Å². The number of amides is 2. The number of aliphatic hydroxyl groups is 1. The van der Waals surface area contributed by atoms with Gasteiger partial charge in [-0.25, -0.2) is 0 Å². The fourth-order valence-electron chi connectivity index (χ4n) is 4.55. The molecule has 0 saturated carbocycles. The van der Waals surface area contributed by atoms with Gasteiger partial charge in [-0.15, -0.1) is 0 Å². The van der Waals surface area contributed by atoms with E-state index in [-0.39, 0.29) is 48.9 Å². The SMILES string of the molecule is CCOC(=O)[C@H]1[C@H]2C(=O)N(CCCCCCO)[C@H](C(=O)NC(C)C)[C@H]2C=C[C@H]1C. The first-order valence-electron chi connectivity index (χ1n) is 10.9. The number of nitrogens with zero attached hydrogens (tertiary/aromatic N) is 1. The van der Waals surface area contributed by atoms with Gasteiger partial charge in [-0.1, -0.05) is 31.9 Å². The number of rotatable bonds is 10. The van der Waals surface area contributed by atoms with Gasteiger partial charge in [0.2, 0.25) is 11.8 Å². The van der Waals surface area contributed by atoms with Gasteiger partial charge in [0.05, 0.1) is 18.4 Å². The Labute approximate surface area is 173 Å². The van der Waals surface area contributed by atoms with E-state index in [1.165, 1.54) is 0 Å². The first-order valence-corrected chi connectivity index (χ1v) is 10.9. The number of likely N-dealkylation sites (tertiary alicyclic amines) is 1. The van der Waals surface area contributed by atoms with Crippen LogP contribution in [0.1, 0.15) is 53.4 Å². The summed E-state index contributed by atoms with van der Waals surface area (Å²) in [4.78, 5) is 40.7. The van der Waals surface area contributed by atoms with Crippen molar-refractivity contribution < 1.29 is 24.2 Å². The molecule has 2 amide bonds. The second kappa shape index (κ2) is 10.8. The van der Waals surface area contributed by atoms with E-state index in [2.05, 4.69) is 5.32 Å². The standard InChI is InChI=1S/C22H36N2O5/c1-5-29-22(28)17-15(4)10-11-16-18(17)21(27)24(12-8-6-7-9-13-25)19(16)20(26)23-14(2)3/h10-11,14-19,25H,5-9,12-13H2,1-4H3,(H,23,26)/t15-,16+,17-,18+,19+/m1/s1. The largest absolute Gasteiger partial charge is 0.466 e. The van der Waals surface area contributed by atoms with Gasteiger partial charge in [-0.3, -0.25) is 14.4 Å². The van der Waals surface area contributed by atoms with E-state index >= 15 is 0 Å². The summed E-state index contributed by atoms with van der Waals surface area (Å²) in [6.45, 7) is 8.37. The van der Waals surface area contributed by atoms with Crippen molar-refractivity contribution in [3.8, 4) is 0 Å². The first-order chi connectivity index (χ1) is 13.8. The lowest BCUT2D eigenvalue weighted by atomic mass is 9.70. The predicted molar refractivity (Wildman–Crippen MR) is 110 cm³/mol. The molecule has 0 radical (unpaired) electrons. The number of carbonyl (C=O) groups excluding carboxylic acids is 3. The number of hydrogen-bond acceptors (Lipinski definition) is 5. The monoisotopic (exact) mass is 408 g/mol. The molecule has 29 heavy (non-hydrogen) atoms. The molecule has 0 aromatic carbocycles. The molecular formula is C22H36N2O5. The van der Waals surface area contributed by atoms with Crippen LogP contribution in [0.3, 0.4) is 0 Å². The van der Waals surface area contributed by atoms with Gasteiger partial charge >= 0.3 is 5.97 Å². The number of unbranched alkanes of at least 4 members (excludes halogenated alkanes) is 3. The lowest BCUT2D eigenvalue weighted by Gasteiger charge is -2.32. The highest BCUT2D eigenvalue weighted by atomic mass is 16.5. The number of allylic oxidation sites excluding steroid dienone is 1. The van der Waals surface area contributed by atoms with Gasteiger partial charge < -0.3 is 20.1 Å². The molecule has 7 nitrogen and oxygen atoms in total. The third kappa shape index (κ3) is 5.38. The summed E-state index contributed by atoms with van der Waals surface area (Å²) in [7, 11) is 0. The zero-order chi connectivity index (χ0) is 21.6. The minimum atomic E-state index is -0.603. The molecule has 7 heteroatoms. The highest BCUT2D eigenvalue weighted by molar-refractivity contribution is 5.96. The summed E-state index contributed by atoms with van der Waals surface area (Å²) in [5.41, 5.74) is 0. The maximum absolute atomic E-state index is 13.4. The van der Waals surface area contributed by atoms with Gasteiger partial charge in [0.25, 0.3) is 0 Å². The number of hydrogen-bond donors (Lipinski definition) is 2. The topological polar surface area (TPSA) is 95.9 Å². The summed E-state index contributed by atoms with van der Waals surface area (Å²) in [6, 6.07) is -0.635. The lowest BCUT2D eigenvalue weighted by Crippen LogP contribution is -2.49. The number of nitrogens with one attached hydrogen (secondary N) is 1. The molecule has 1 heterocycles. The van der Waals surface area contributed by atoms with Crippen LogP contribution in [-0.2, 0) is 19.1 Å². The van der Waals surface area contributed by atoms with Gasteiger partial charge in [-0.05, 0) is 39.5 Å². The minimum absolute atomic E-state index is 0.0320. The first kappa shape index (κ1) is 23.4. The fraction of sp³-hybridized carbons (Fsp3) is 0.773. The second-order valence-corrected chi connectivity index (χ2v) is 8.40. The minimum Gasteiger partial charge on any atom is -0.466 e. The van der Waals surface area contributed by atoms with E-state index in [1.54, 1.807) is 11.8 Å². The Balaban J connectivity index is 2.27. The van der Waals surface area contributed by atoms with E-state index in [9.17, 15) is 14.4 Å². The summed E-state index contributed by atoms with van der Waals surface area (Å²) in [5, 5.41) is 11.9. The van der Waals surface area contributed by atoms with Crippen molar-refractivity contribution >= 4 is 17.8 Å². The molecule has 0 bridgehead atoms. The Morgan fingerprint density at radius 2 is 1.90 bits per heavy atom. The fourth-order valence-corrected chi connectivity index (χ4v) is 4.55. The molecule has 0 aromatic heterocycles. The van der Waals surface area contributed by atoms with Crippen LogP contribution >= 0.6 is 0 Å². The third-order valence-electron chi connectivity index (χ3n) is 5.84. The molecule has 0 aromatic rings. The highest BCUT2D eigenvalue weighted by Gasteiger charge is 2.56. The lowest BCUT2D eigenvalue weighted by molar-refractivity contribution is -0.155. The van der Waals surface area contributed by atoms with E-state index < -0.39 is 17.9 Å². The molecule has 1 saturated heterocycles. The second-order valence-electron chi connectivity index (χ2n) is 8.40. The smallest absolute Gasteiger partial charge is 0.310 e. The molecule has 2 rings (SSSR count). The summed E-state index contributed by atoms with van der Waals surface area (Å²) >= 11 is 0. The molecule has 1 fully saturated rings. The number of aliphatic hydroxyl groups excluding tert-OH is 1. The number of carbonyl (C=O) groups is 3. The van der Waals surface area contributed by atoms with E-state index in [0.717, 1.165) is 25.7 Å². The Morgan fingerprint density at radius 3 is 2.52 bits per heavy atom. The van der Waals surface area contributed by atoms with Crippen molar-refractivity contribution in [2.24, 2.45) is 23.7 Å². The maximum atomic E-state index is 13.4. The van der Waals surface area contributed by atoms with Crippen molar-refractivity contribution in [3.63, 3.8) is 0 Å². The van der Waals surface area contributed by atoms with Crippen LogP contribution in [0.4, 0.5) is 0 Å². The number of esters is 1. The van der Waals surface area contributed by atoms with Crippen LogP contribution in [0, 0.1) is 23.7 Å². The average Bonchev–Trinajstić information content (AvgIpc) is 2.93. The summed E-state index contributed by atoms with van der Waals surface area (Å²) in [5.74, 6) is -2.23. The van der Waals surface area contributed by atoms with Gasteiger partial charge in [-0.2, -0.15) is 0 Å². The van der Waals surface area contributed by atoms with E-state index in [1.807, 2.05) is 32.9 Å². The Kier molecular flexibility index (Phi) is 8.68. The van der Waals surface area contributed by atoms with Crippen molar-refractivity contribution in [2.75, 3.05) is 19.8 Å². The molecule has 2 aliphatic rings. The van der Waals surface area contributed by atoms with Crippen LogP contribution in [0.15, 0.2) is 12.2 Å². The van der Waals surface area contributed by atoms with E-state index in [4.69, 9.17) is 9.84 Å². The number of fused-ring (bicyclic) bond motifs is 1. The van der Waals surface area contributed by atoms with Gasteiger partial charge in [0.1, 0.15) is 6.04 Å². The molecule has 164 valence electrons. The predicted octanol–water partition coefficient (Wildman–Crippen LogP) is 1.89. The Hall–Kier alpha value is -1.89. The number of ether oxygens (including phenoxy) is 1. The van der Waals surface area contributed by atoms with Crippen LogP contribution in [0.25, 0.3) is 0 Å². The third-order valence-corrected chi connectivity index (χ3v) is 5.84. The van der Waals surface area contributed by atoms with Crippen LogP contribution < -0.4 is 5.32 Å². The van der Waals surface area contributed by atoms with Crippen molar-refractivity contribution in [2.45, 2.75) is 65.5 Å². The molecule has 0 unspecified atom stereocenters. The Morgan fingerprint density at radius 1 is 1.21 bits per heavy atom. The molecule has 2 N–H and O–H groups in total. The Bertz CT molecular complexity index is 618. The molecular weight excluding hydrogens is 372 g/mol. The zero-order valence-electron chi connectivity index (χ0n) is 18.1.